The Balaban J connectivity index is 2.35. The van der Waals surface area contributed by atoms with Crippen LogP contribution in [-0.4, -0.2) is 19.7 Å². The minimum atomic E-state index is 0.444. The van der Waals surface area contributed by atoms with Crippen LogP contribution in [0.25, 0.3) is 11.5 Å². The number of hydrogen-bond acceptors (Lipinski definition) is 2. The molecule has 5 heteroatoms. The molecular weight excluding hydrogens is 188 g/mol. The number of aryl methyl sites for hydroxylation is 1. The molecule has 2 heterocycles. The first-order valence-corrected chi connectivity index (χ1v) is 4.43. The van der Waals surface area contributed by atoms with Gasteiger partial charge in [0.1, 0.15) is 5.69 Å². The van der Waals surface area contributed by atoms with Gasteiger partial charge in [0.15, 0.2) is 5.82 Å². The predicted octanol–water partition coefficient (Wildman–Crippen LogP) is 1.55. The summed E-state index contributed by atoms with van der Waals surface area (Å²) in [4.78, 5) is 7.23. The summed E-state index contributed by atoms with van der Waals surface area (Å²) in [6, 6.07) is 1.90. The van der Waals surface area contributed by atoms with E-state index in [0.29, 0.717) is 5.88 Å². The van der Waals surface area contributed by atoms with Crippen molar-refractivity contribution in [1.29, 1.82) is 0 Å². The summed E-state index contributed by atoms with van der Waals surface area (Å²) in [5.41, 5.74) is 1.74. The fourth-order valence-corrected chi connectivity index (χ4v) is 1.23. The van der Waals surface area contributed by atoms with Crippen molar-refractivity contribution in [1.82, 2.24) is 19.7 Å². The molecule has 2 rings (SSSR count). The van der Waals surface area contributed by atoms with Gasteiger partial charge in [-0.15, -0.1) is 11.6 Å². The van der Waals surface area contributed by atoms with Crippen molar-refractivity contribution in [3.63, 3.8) is 0 Å². The Morgan fingerprint density at radius 2 is 2.46 bits per heavy atom. The Morgan fingerprint density at radius 1 is 1.62 bits per heavy atom. The maximum Gasteiger partial charge on any atom is 0.158 e. The van der Waals surface area contributed by atoms with E-state index in [1.54, 1.807) is 10.9 Å². The highest BCUT2D eigenvalue weighted by Gasteiger charge is 2.04. The smallest absolute Gasteiger partial charge is 0.158 e. The number of aromatic amines is 1. The van der Waals surface area contributed by atoms with Gasteiger partial charge in [0.05, 0.1) is 5.88 Å². The second-order valence-corrected chi connectivity index (χ2v) is 3.03. The van der Waals surface area contributed by atoms with Gasteiger partial charge in [-0.25, -0.2) is 4.98 Å². The molecule has 2 aromatic rings. The van der Waals surface area contributed by atoms with Crippen molar-refractivity contribution in [3.8, 4) is 11.5 Å². The molecule has 0 aliphatic rings. The second-order valence-electron chi connectivity index (χ2n) is 2.77. The van der Waals surface area contributed by atoms with Gasteiger partial charge in [0.25, 0.3) is 0 Å². The average molecular weight is 197 g/mol. The summed E-state index contributed by atoms with van der Waals surface area (Å²) < 4.78 is 1.73. The maximum absolute atomic E-state index is 5.64. The molecule has 0 saturated heterocycles. The van der Waals surface area contributed by atoms with Crippen LogP contribution in [0.4, 0.5) is 0 Å². The maximum atomic E-state index is 5.64. The first-order valence-electron chi connectivity index (χ1n) is 3.89. The minimum absolute atomic E-state index is 0.444. The fourth-order valence-electron chi connectivity index (χ4n) is 1.10. The van der Waals surface area contributed by atoms with E-state index in [1.807, 2.05) is 19.3 Å². The molecule has 68 valence electrons. The van der Waals surface area contributed by atoms with Crippen LogP contribution in [0.15, 0.2) is 18.5 Å². The molecule has 0 unspecified atom stereocenters. The van der Waals surface area contributed by atoms with E-state index in [2.05, 4.69) is 15.1 Å². The van der Waals surface area contributed by atoms with E-state index in [4.69, 9.17) is 11.6 Å². The largest absolute Gasteiger partial charge is 0.339 e. The Hall–Kier alpha value is -1.29. The van der Waals surface area contributed by atoms with E-state index in [-0.39, 0.29) is 0 Å². The van der Waals surface area contributed by atoms with Crippen LogP contribution < -0.4 is 0 Å². The zero-order valence-electron chi connectivity index (χ0n) is 7.16. The molecule has 0 aliphatic heterocycles. The zero-order valence-corrected chi connectivity index (χ0v) is 7.91. The third kappa shape index (κ3) is 1.58. The lowest BCUT2D eigenvalue weighted by molar-refractivity contribution is 0.769. The number of rotatable bonds is 2. The van der Waals surface area contributed by atoms with Crippen LogP contribution in [-0.2, 0) is 12.9 Å². The van der Waals surface area contributed by atoms with Gasteiger partial charge in [0, 0.05) is 25.1 Å². The highest BCUT2D eigenvalue weighted by Crippen LogP contribution is 2.12. The molecule has 4 nitrogen and oxygen atoms in total. The summed E-state index contributed by atoms with van der Waals surface area (Å²) in [6.45, 7) is 0. The molecule has 0 aromatic carbocycles. The van der Waals surface area contributed by atoms with Gasteiger partial charge in [-0.2, -0.15) is 5.10 Å². The van der Waals surface area contributed by atoms with Crippen molar-refractivity contribution < 1.29 is 0 Å². The van der Waals surface area contributed by atoms with Crippen LogP contribution in [0.3, 0.4) is 0 Å². The summed E-state index contributed by atoms with van der Waals surface area (Å²) in [5, 5.41) is 4.21. The average Bonchev–Trinajstić information content (AvgIpc) is 2.71. The normalized spacial score (nSPS) is 10.6. The Kier molecular flexibility index (Phi) is 2.06. The number of hydrogen-bond donors (Lipinski definition) is 1. The lowest BCUT2D eigenvalue weighted by Crippen LogP contribution is -1.88. The lowest BCUT2D eigenvalue weighted by Gasteiger charge is -1.88. The molecule has 0 atom stereocenters. The fraction of sp³-hybridized carbons (Fsp3) is 0.250. The molecule has 0 aliphatic carbocycles. The molecule has 2 aromatic heterocycles. The first-order chi connectivity index (χ1) is 6.29. The van der Waals surface area contributed by atoms with Crippen LogP contribution in [0.5, 0.6) is 0 Å². The molecule has 0 amide bonds. The van der Waals surface area contributed by atoms with Crippen molar-refractivity contribution in [2.24, 2.45) is 7.05 Å². The molecule has 0 radical (unpaired) electrons. The van der Waals surface area contributed by atoms with E-state index in [9.17, 15) is 0 Å². The molecule has 1 N–H and O–H groups in total. The monoisotopic (exact) mass is 196 g/mol. The summed E-state index contributed by atoms with van der Waals surface area (Å²) in [6.07, 6.45) is 3.59. The van der Waals surface area contributed by atoms with E-state index in [1.165, 1.54) is 0 Å². The Bertz CT molecular complexity index is 404. The standard InChI is InChI=1S/C8H9ClN4/c1-13-3-2-7(12-13)8-10-5-6(4-9)11-8/h2-3,5H,4H2,1H3,(H,10,11). The summed E-state index contributed by atoms with van der Waals surface area (Å²) in [7, 11) is 1.87. The van der Waals surface area contributed by atoms with E-state index >= 15 is 0 Å². The quantitative estimate of drug-likeness (QED) is 0.741. The Labute approximate surface area is 80.6 Å². The van der Waals surface area contributed by atoms with Crippen molar-refractivity contribution in [2.45, 2.75) is 5.88 Å². The summed E-state index contributed by atoms with van der Waals surface area (Å²) >= 11 is 5.64. The van der Waals surface area contributed by atoms with Gasteiger partial charge in [-0.05, 0) is 6.07 Å². The van der Waals surface area contributed by atoms with Gasteiger partial charge < -0.3 is 4.98 Å². The minimum Gasteiger partial charge on any atom is -0.339 e. The second kappa shape index (κ2) is 3.22. The molecule has 0 bridgehead atoms. The first kappa shape index (κ1) is 8.31. The molecule has 13 heavy (non-hydrogen) atoms. The zero-order chi connectivity index (χ0) is 9.26. The summed E-state index contributed by atoms with van der Waals surface area (Å²) in [5.74, 6) is 1.20. The number of imidazole rings is 1. The molecule has 0 fully saturated rings. The number of nitrogens with zero attached hydrogens (tertiary/aromatic N) is 3. The van der Waals surface area contributed by atoms with Crippen LogP contribution in [0.2, 0.25) is 0 Å². The molecule has 0 spiro atoms. The van der Waals surface area contributed by atoms with Gasteiger partial charge in [-0.3, -0.25) is 4.68 Å². The highest BCUT2D eigenvalue weighted by molar-refractivity contribution is 6.16. The van der Waals surface area contributed by atoms with E-state index < -0.39 is 0 Å². The Morgan fingerprint density at radius 3 is 3.00 bits per heavy atom. The predicted molar refractivity (Wildman–Crippen MR) is 50.3 cm³/mol. The number of nitrogens with one attached hydrogen (secondary N) is 1. The van der Waals surface area contributed by atoms with Crippen molar-refractivity contribution in [3.05, 3.63) is 24.2 Å². The number of alkyl halides is 1. The number of halogens is 1. The lowest BCUT2D eigenvalue weighted by atomic mass is 10.4. The van der Waals surface area contributed by atoms with Crippen molar-refractivity contribution in [2.75, 3.05) is 0 Å². The van der Waals surface area contributed by atoms with Gasteiger partial charge >= 0.3 is 0 Å². The number of aromatic nitrogens is 4. The van der Waals surface area contributed by atoms with Crippen LogP contribution in [0, 0.1) is 0 Å². The van der Waals surface area contributed by atoms with Crippen molar-refractivity contribution >= 4 is 11.6 Å². The van der Waals surface area contributed by atoms with Gasteiger partial charge in [0.2, 0.25) is 0 Å². The highest BCUT2D eigenvalue weighted by atomic mass is 35.5. The van der Waals surface area contributed by atoms with Gasteiger partial charge in [-0.1, -0.05) is 0 Å². The number of H-pyrrole nitrogens is 1. The van der Waals surface area contributed by atoms with Crippen LogP contribution >= 0.6 is 11.6 Å². The topological polar surface area (TPSA) is 46.5 Å². The SMILES string of the molecule is Cn1ccc(-c2ncc(CCl)[nH]2)n1. The van der Waals surface area contributed by atoms with E-state index in [0.717, 1.165) is 17.2 Å². The van der Waals surface area contributed by atoms with Crippen LogP contribution in [0.1, 0.15) is 5.69 Å². The molecule has 0 saturated carbocycles. The molecular formula is C8H9ClN4. The third-order valence-electron chi connectivity index (χ3n) is 1.73. The third-order valence-corrected chi connectivity index (χ3v) is 2.02.